The molecule has 1 unspecified atom stereocenters. The van der Waals surface area contributed by atoms with E-state index in [-0.39, 0.29) is 6.29 Å². The average molecular weight is 205 g/mol. The summed E-state index contributed by atoms with van der Waals surface area (Å²) in [5.74, 6) is 0.532. The third-order valence-corrected chi connectivity index (χ3v) is 2.22. The molecule has 0 amide bonds. The van der Waals surface area contributed by atoms with Crippen molar-refractivity contribution in [1.29, 1.82) is 0 Å². The highest BCUT2D eigenvalue weighted by Crippen LogP contribution is 2.02. The summed E-state index contributed by atoms with van der Waals surface area (Å²) in [5, 5.41) is 3.35. The van der Waals surface area contributed by atoms with Crippen LogP contribution in [0.3, 0.4) is 0 Å². The lowest BCUT2D eigenvalue weighted by Crippen LogP contribution is -2.42. The standard InChI is InChI=1S/C10H23NO3/c1-8(2)9(7-12-3)11-6-10(13-4)14-5/h8-11H,6-7H2,1-5H3. The van der Waals surface area contributed by atoms with Crippen molar-refractivity contribution in [1.82, 2.24) is 5.32 Å². The molecule has 0 aromatic carbocycles. The van der Waals surface area contributed by atoms with Gasteiger partial charge in [0.25, 0.3) is 0 Å². The lowest BCUT2D eigenvalue weighted by Gasteiger charge is -2.23. The van der Waals surface area contributed by atoms with Crippen LogP contribution in [0.4, 0.5) is 0 Å². The summed E-state index contributed by atoms with van der Waals surface area (Å²) in [6.45, 7) is 5.70. The van der Waals surface area contributed by atoms with E-state index in [9.17, 15) is 0 Å². The van der Waals surface area contributed by atoms with Gasteiger partial charge in [-0.1, -0.05) is 13.8 Å². The molecule has 14 heavy (non-hydrogen) atoms. The second-order valence-corrected chi connectivity index (χ2v) is 3.62. The van der Waals surface area contributed by atoms with Crippen LogP contribution >= 0.6 is 0 Å². The lowest BCUT2D eigenvalue weighted by atomic mass is 10.1. The Morgan fingerprint density at radius 1 is 1.07 bits per heavy atom. The largest absolute Gasteiger partial charge is 0.383 e. The fourth-order valence-electron chi connectivity index (χ4n) is 1.18. The number of nitrogens with one attached hydrogen (secondary N) is 1. The molecule has 86 valence electrons. The number of ether oxygens (including phenoxy) is 3. The van der Waals surface area contributed by atoms with Gasteiger partial charge in [0.15, 0.2) is 6.29 Å². The van der Waals surface area contributed by atoms with E-state index in [0.717, 1.165) is 0 Å². The average Bonchev–Trinajstić information content (AvgIpc) is 2.17. The van der Waals surface area contributed by atoms with E-state index in [1.54, 1.807) is 21.3 Å². The molecule has 0 aliphatic carbocycles. The molecule has 0 fully saturated rings. The zero-order chi connectivity index (χ0) is 11.0. The summed E-state index contributed by atoms with van der Waals surface area (Å²) in [5.41, 5.74) is 0. The maximum Gasteiger partial charge on any atom is 0.169 e. The molecule has 0 saturated carbocycles. The first-order chi connectivity index (χ1) is 6.65. The molecule has 0 aliphatic rings. The molecular formula is C10H23NO3. The molecule has 0 aromatic rings. The number of rotatable bonds is 8. The zero-order valence-electron chi connectivity index (χ0n) is 9.87. The second kappa shape index (κ2) is 8.17. The molecular weight excluding hydrogens is 182 g/mol. The van der Waals surface area contributed by atoms with Crippen LogP contribution in [0.2, 0.25) is 0 Å². The minimum Gasteiger partial charge on any atom is -0.383 e. The number of methoxy groups -OCH3 is 3. The molecule has 0 bridgehead atoms. The molecule has 0 aliphatic heterocycles. The van der Waals surface area contributed by atoms with Crippen molar-refractivity contribution in [3.05, 3.63) is 0 Å². The maximum atomic E-state index is 5.12. The third kappa shape index (κ3) is 5.54. The minimum absolute atomic E-state index is 0.187. The highest BCUT2D eigenvalue weighted by atomic mass is 16.7. The Morgan fingerprint density at radius 2 is 1.64 bits per heavy atom. The summed E-state index contributed by atoms with van der Waals surface area (Å²) in [4.78, 5) is 0. The van der Waals surface area contributed by atoms with Crippen LogP contribution in [0, 0.1) is 5.92 Å². The molecule has 0 radical (unpaired) electrons. The fraction of sp³-hybridized carbons (Fsp3) is 1.00. The van der Waals surface area contributed by atoms with Crippen LogP contribution in [-0.2, 0) is 14.2 Å². The van der Waals surface area contributed by atoms with E-state index < -0.39 is 0 Å². The van der Waals surface area contributed by atoms with Crippen LogP contribution in [0.15, 0.2) is 0 Å². The van der Waals surface area contributed by atoms with E-state index in [1.165, 1.54) is 0 Å². The summed E-state index contributed by atoms with van der Waals surface area (Å²) >= 11 is 0. The zero-order valence-corrected chi connectivity index (χ0v) is 9.87. The second-order valence-electron chi connectivity index (χ2n) is 3.62. The van der Waals surface area contributed by atoms with Gasteiger partial charge in [0.2, 0.25) is 0 Å². The Kier molecular flexibility index (Phi) is 8.08. The Bertz CT molecular complexity index is 127. The van der Waals surface area contributed by atoms with Crippen molar-refractivity contribution < 1.29 is 14.2 Å². The van der Waals surface area contributed by atoms with E-state index in [4.69, 9.17) is 14.2 Å². The maximum absolute atomic E-state index is 5.12. The molecule has 4 heteroatoms. The van der Waals surface area contributed by atoms with Gasteiger partial charge < -0.3 is 19.5 Å². The normalized spacial score (nSPS) is 13.9. The molecule has 0 saturated heterocycles. The highest BCUT2D eigenvalue weighted by Gasteiger charge is 2.14. The molecule has 4 nitrogen and oxygen atoms in total. The van der Waals surface area contributed by atoms with Crippen LogP contribution < -0.4 is 5.32 Å². The monoisotopic (exact) mass is 205 g/mol. The number of hydrogen-bond acceptors (Lipinski definition) is 4. The summed E-state index contributed by atoms with van der Waals surface area (Å²) in [6, 6.07) is 0.341. The Labute approximate surface area is 86.9 Å². The summed E-state index contributed by atoms with van der Waals surface area (Å²) in [6.07, 6.45) is -0.187. The van der Waals surface area contributed by atoms with Crippen LogP contribution in [0.25, 0.3) is 0 Å². The van der Waals surface area contributed by atoms with Crippen molar-refractivity contribution >= 4 is 0 Å². The number of hydrogen-bond donors (Lipinski definition) is 1. The smallest absolute Gasteiger partial charge is 0.169 e. The lowest BCUT2D eigenvalue weighted by molar-refractivity contribution is -0.101. The minimum atomic E-state index is -0.187. The van der Waals surface area contributed by atoms with Gasteiger partial charge in [-0.3, -0.25) is 0 Å². The quantitative estimate of drug-likeness (QED) is 0.597. The van der Waals surface area contributed by atoms with E-state index in [1.807, 2.05) is 0 Å². The SMILES string of the molecule is COCC(NCC(OC)OC)C(C)C. The molecule has 0 spiro atoms. The predicted molar refractivity (Wildman–Crippen MR) is 56.3 cm³/mol. The van der Waals surface area contributed by atoms with Gasteiger partial charge in [-0.25, -0.2) is 0 Å². The molecule has 1 atom stereocenters. The van der Waals surface area contributed by atoms with Crippen molar-refractivity contribution in [3.63, 3.8) is 0 Å². The van der Waals surface area contributed by atoms with Crippen LogP contribution in [0.1, 0.15) is 13.8 Å². The fourth-order valence-corrected chi connectivity index (χ4v) is 1.18. The summed E-state index contributed by atoms with van der Waals surface area (Å²) in [7, 11) is 4.98. The Hall–Kier alpha value is -0.160. The van der Waals surface area contributed by atoms with Crippen LogP contribution in [-0.4, -0.2) is 46.8 Å². The van der Waals surface area contributed by atoms with Gasteiger partial charge in [0.1, 0.15) is 0 Å². The van der Waals surface area contributed by atoms with Crippen molar-refractivity contribution in [2.45, 2.75) is 26.2 Å². The third-order valence-electron chi connectivity index (χ3n) is 2.22. The Morgan fingerprint density at radius 3 is 2.00 bits per heavy atom. The Balaban J connectivity index is 3.79. The van der Waals surface area contributed by atoms with Crippen molar-refractivity contribution in [3.8, 4) is 0 Å². The molecule has 0 aromatic heterocycles. The van der Waals surface area contributed by atoms with Gasteiger partial charge in [-0.15, -0.1) is 0 Å². The molecule has 1 N–H and O–H groups in total. The van der Waals surface area contributed by atoms with E-state index >= 15 is 0 Å². The van der Waals surface area contributed by atoms with Gasteiger partial charge in [-0.2, -0.15) is 0 Å². The van der Waals surface area contributed by atoms with E-state index in [2.05, 4.69) is 19.2 Å². The van der Waals surface area contributed by atoms with Gasteiger partial charge in [-0.05, 0) is 5.92 Å². The van der Waals surface area contributed by atoms with Gasteiger partial charge in [0, 0.05) is 33.9 Å². The first-order valence-corrected chi connectivity index (χ1v) is 4.93. The highest BCUT2D eigenvalue weighted by molar-refractivity contribution is 4.70. The van der Waals surface area contributed by atoms with E-state index in [0.29, 0.717) is 25.1 Å². The van der Waals surface area contributed by atoms with Crippen molar-refractivity contribution in [2.24, 2.45) is 5.92 Å². The van der Waals surface area contributed by atoms with Gasteiger partial charge in [0.05, 0.1) is 6.61 Å². The van der Waals surface area contributed by atoms with Gasteiger partial charge >= 0.3 is 0 Å². The molecule has 0 heterocycles. The first kappa shape index (κ1) is 13.8. The van der Waals surface area contributed by atoms with Crippen molar-refractivity contribution in [2.75, 3.05) is 34.5 Å². The predicted octanol–water partition coefficient (Wildman–Crippen LogP) is 0.866. The molecule has 0 rings (SSSR count). The summed E-state index contributed by atoms with van der Waals surface area (Å²) < 4.78 is 15.3. The topological polar surface area (TPSA) is 39.7 Å². The van der Waals surface area contributed by atoms with Crippen LogP contribution in [0.5, 0.6) is 0 Å². The first-order valence-electron chi connectivity index (χ1n) is 4.93.